The van der Waals surface area contributed by atoms with Gasteiger partial charge in [0, 0.05) is 26.2 Å². The van der Waals surface area contributed by atoms with Crippen LogP contribution in [0.3, 0.4) is 0 Å². The molecule has 2 aliphatic rings. The van der Waals surface area contributed by atoms with Gasteiger partial charge in [0.25, 0.3) is 0 Å². The van der Waals surface area contributed by atoms with Crippen molar-refractivity contribution >= 4 is 5.91 Å². The molecule has 0 spiro atoms. The van der Waals surface area contributed by atoms with E-state index in [4.69, 9.17) is 0 Å². The predicted octanol–water partition coefficient (Wildman–Crippen LogP) is 0.735. The first-order chi connectivity index (χ1) is 11.0. The van der Waals surface area contributed by atoms with Crippen molar-refractivity contribution in [2.24, 2.45) is 5.92 Å². The number of likely N-dealkylation sites (tertiary alicyclic amines) is 1. The number of hydrogen-bond donors (Lipinski definition) is 2. The summed E-state index contributed by atoms with van der Waals surface area (Å²) in [5, 5.41) is 21.0. The van der Waals surface area contributed by atoms with Crippen LogP contribution < -0.4 is 0 Å². The minimum atomic E-state index is -0.994. The van der Waals surface area contributed by atoms with Crippen molar-refractivity contribution < 1.29 is 9.90 Å². The van der Waals surface area contributed by atoms with Gasteiger partial charge in [0.1, 0.15) is 11.3 Å². The molecule has 1 unspecified atom stereocenters. The number of aromatic amines is 1. The summed E-state index contributed by atoms with van der Waals surface area (Å²) < 4.78 is 0. The Labute approximate surface area is 137 Å². The predicted molar refractivity (Wildman–Crippen MR) is 85.5 cm³/mol. The number of aliphatic hydroxyl groups is 1. The van der Waals surface area contributed by atoms with Gasteiger partial charge in [-0.2, -0.15) is 15.4 Å². The SMILES string of the molecule is CC1CCC(N(C)C(=O)CN2CCC(O)(c3cn[nH]n3)C2)CC1. The van der Waals surface area contributed by atoms with Gasteiger partial charge in [0.05, 0.1) is 12.7 Å². The van der Waals surface area contributed by atoms with E-state index >= 15 is 0 Å². The molecule has 23 heavy (non-hydrogen) atoms. The molecule has 2 N–H and O–H groups in total. The van der Waals surface area contributed by atoms with E-state index in [0.29, 0.717) is 37.8 Å². The van der Waals surface area contributed by atoms with Crippen molar-refractivity contribution in [1.29, 1.82) is 0 Å². The average Bonchev–Trinajstić information content (AvgIpc) is 3.18. The molecule has 0 bridgehead atoms. The fourth-order valence-corrected chi connectivity index (χ4v) is 3.78. The smallest absolute Gasteiger partial charge is 0.236 e. The summed E-state index contributed by atoms with van der Waals surface area (Å²) >= 11 is 0. The summed E-state index contributed by atoms with van der Waals surface area (Å²) in [7, 11) is 1.92. The summed E-state index contributed by atoms with van der Waals surface area (Å²) in [5.74, 6) is 0.930. The normalized spacial score (nSPS) is 32.1. The molecule has 2 fully saturated rings. The van der Waals surface area contributed by atoms with Gasteiger partial charge in [-0.3, -0.25) is 9.69 Å². The lowest BCUT2D eigenvalue weighted by Crippen LogP contribution is -2.44. The Kier molecular flexibility index (Phi) is 4.68. The summed E-state index contributed by atoms with van der Waals surface area (Å²) in [6.07, 6.45) is 6.76. The highest BCUT2D eigenvalue weighted by Gasteiger charge is 2.40. The maximum absolute atomic E-state index is 12.5. The Morgan fingerprint density at radius 2 is 2.22 bits per heavy atom. The Bertz CT molecular complexity index is 527. The van der Waals surface area contributed by atoms with Crippen LogP contribution in [-0.2, 0) is 10.4 Å². The van der Waals surface area contributed by atoms with Crippen molar-refractivity contribution in [1.82, 2.24) is 25.2 Å². The van der Waals surface area contributed by atoms with Gasteiger partial charge in [-0.05, 0) is 38.0 Å². The molecule has 0 aromatic carbocycles. The van der Waals surface area contributed by atoms with Crippen LogP contribution >= 0.6 is 0 Å². The molecule has 1 aromatic heterocycles. The summed E-state index contributed by atoms with van der Waals surface area (Å²) in [6.45, 7) is 3.78. The van der Waals surface area contributed by atoms with Crippen molar-refractivity contribution in [2.45, 2.75) is 50.7 Å². The van der Waals surface area contributed by atoms with Gasteiger partial charge in [-0.15, -0.1) is 0 Å². The van der Waals surface area contributed by atoms with Gasteiger partial charge in [0.2, 0.25) is 5.91 Å². The van der Waals surface area contributed by atoms with Crippen LogP contribution in [0, 0.1) is 5.92 Å². The summed E-state index contributed by atoms with van der Waals surface area (Å²) in [4.78, 5) is 16.5. The Hall–Kier alpha value is -1.47. The lowest BCUT2D eigenvalue weighted by atomic mass is 9.87. The molecule has 0 radical (unpaired) electrons. The number of nitrogens with one attached hydrogen (secondary N) is 1. The van der Waals surface area contributed by atoms with E-state index < -0.39 is 5.60 Å². The second kappa shape index (κ2) is 6.57. The molecule has 1 saturated carbocycles. The number of aromatic nitrogens is 3. The Morgan fingerprint density at radius 1 is 1.48 bits per heavy atom. The Morgan fingerprint density at radius 3 is 2.87 bits per heavy atom. The molecular formula is C16H27N5O2. The van der Waals surface area contributed by atoms with E-state index in [9.17, 15) is 9.90 Å². The van der Waals surface area contributed by atoms with Crippen LogP contribution in [0.15, 0.2) is 6.20 Å². The first-order valence-electron chi connectivity index (χ1n) is 8.54. The molecule has 1 aliphatic heterocycles. The second-order valence-corrected chi connectivity index (χ2v) is 7.27. The number of likely N-dealkylation sites (N-methyl/N-ethyl adjacent to an activating group) is 1. The van der Waals surface area contributed by atoms with Crippen LogP contribution in [0.5, 0.6) is 0 Å². The van der Waals surface area contributed by atoms with Crippen molar-refractivity contribution in [3.63, 3.8) is 0 Å². The maximum atomic E-state index is 12.5. The van der Waals surface area contributed by atoms with Crippen LogP contribution in [0.1, 0.15) is 44.7 Å². The van der Waals surface area contributed by atoms with E-state index in [1.807, 2.05) is 16.8 Å². The van der Waals surface area contributed by atoms with E-state index in [-0.39, 0.29) is 5.91 Å². The highest BCUT2D eigenvalue weighted by Crippen LogP contribution is 2.30. The molecule has 7 nitrogen and oxygen atoms in total. The number of carbonyl (C=O) groups excluding carboxylic acids is 1. The molecule has 7 heteroatoms. The van der Waals surface area contributed by atoms with Gasteiger partial charge < -0.3 is 10.0 Å². The largest absolute Gasteiger partial charge is 0.382 e. The fourth-order valence-electron chi connectivity index (χ4n) is 3.78. The van der Waals surface area contributed by atoms with E-state index in [2.05, 4.69) is 22.3 Å². The molecular weight excluding hydrogens is 294 g/mol. The molecule has 1 aromatic rings. The van der Waals surface area contributed by atoms with Gasteiger partial charge in [-0.25, -0.2) is 0 Å². The van der Waals surface area contributed by atoms with E-state index in [1.165, 1.54) is 12.8 Å². The molecule has 1 saturated heterocycles. The van der Waals surface area contributed by atoms with Crippen LogP contribution in [0.4, 0.5) is 0 Å². The third-order valence-corrected chi connectivity index (χ3v) is 5.50. The number of amides is 1. The number of carbonyl (C=O) groups is 1. The summed E-state index contributed by atoms with van der Waals surface area (Å²) in [6, 6.07) is 0.371. The van der Waals surface area contributed by atoms with Crippen molar-refractivity contribution in [3.8, 4) is 0 Å². The number of hydrogen-bond acceptors (Lipinski definition) is 5. The first-order valence-corrected chi connectivity index (χ1v) is 8.54. The topological polar surface area (TPSA) is 85.4 Å². The number of β-amino-alcohol motifs (C(OH)–C–C–N with tert-alkyl or cyclic N) is 1. The zero-order chi connectivity index (χ0) is 16.4. The minimum absolute atomic E-state index is 0.147. The van der Waals surface area contributed by atoms with Gasteiger partial charge in [0.15, 0.2) is 0 Å². The molecule has 128 valence electrons. The monoisotopic (exact) mass is 321 g/mol. The second-order valence-electron chi connectivity index (χ2n) is 7.27. The van der Waals surface area contributed by atoms with E-state index in [1.54, 1.807) is 6.20 Å². The number of H-pyrrole nitrogens is 1. The molecule has 3 rings (SSSR count). The first kappa shape index (κ1) is 16.4. The molecule has 1 aliphatic carbocycles. The highest BCUT2D eigenvalue weighted by atomic mass is 16.3. The summed E-state index contributed by atoms with van der Waals surface area (Å²) in [5.41, 5.74) is -0.436. The van der Waals surface area contributed by atoms with Crippen LogP contribution in [0.2, 0.25) is 0 Å². The highest BCUT2D eigenvalue weighted by molar-refractivity contribution is 5.78. The van der Waals surface area contributed by atoms with Crippen LogP contribution in [-0.4, -0.2) is 68.9 Å². The Balaban J connectivity index is 1.52. The number of nitrogens with zero attached hydrogens (tertiary/aromatic N) is 4. The van der Waals surface area contributed by atoms with Crippen molar-refractivity contribution in [2.75, 3.05) is 26.7 Å². The quantitative estimate of drug-likeness (QED) is 0.854. The maximum Gasteiger partial charge on any atom is 0.236 e. The van der Waals surface area contributed by atoms with Crippen molar-refractivity contribution in [3.05, 3.63) is 11.9 Å². The lowest BCUT2D eigenvalue weighted by Gasteiger charge is -2.34. The standard InChI is InChI=1S/C16H27N5O2/c1-12-3-5-13(6-4-12)20(2)15(22)10-21-8-7-16(23,11-21)14-9-17-19-18-14/h9,12-13,23H,3-8,10-11H2,1-2H3,(H,17,18,19). The molecule has 1 amide bonds. The number of rotatable bonds is 4. The molecule has 2 heterocycles. The van der Waals surface area contributed by atoms with Crippen LogP contribution in [0.25, 0.3) is 0 Å². The van der Waals surface area contributed by atoms with Gasteiger partial charge >= 0.3 is 0 Å². The molecule has 1 atom stereocenters. The third kappa shape index (κ3) is 3.55. The third-order valence-electron chi connectivity index (χ3n) is 5.50. The van der Waals surface area contributed by atoms with Gasteiger partial charge in [-0.1, -0.05) is 6.92 Å². The lowest BCUT2D eigenvalue weighted by molar-refractivity contribution is -0.133. The fraction of sp³-hybridized carbons (Fsp3) is 0.812. The minimum Gasteiger partial charge on any atom is -0.382 e. The van der Waals surface area contributed by atoms with E-state index in [0.717, 1.165) is 18.8 Å². The zero-order valence-electron chi connectivity index (χ0n) is 14.0. The average molecular weight is 321 g/mol. The zero-order valence-corrected chi connectivity index (χ0v) is 14.0.